The van der Waals surface area contributed by atoms with Crippen molar-refractivity contribution in [1.29, 1.82) is 0 Å². The molecule has 0 bridgehead atoms. The SMILES string of the molecule is CCn1c(CN(C)C(=O)c2cc(S(N)(=O)=O)ccc2OC)nc2ccccc21. The maximum atomic E-state index is 13.0. The second-order valence-electron chi connectivity index (χ2n) is 6.33. The van der Waals surface area contributed by atoms with Gasteiger partial charge in [-0.25, -0.2) is 18.5 Å². The molecular weight excluding hydrogens is 380 g/mol. The second kappa shape index (κ2) is 7.61. The number of nitrogens with zero attached hydrogens (tertiary/aromatic N) is 3. The fourth-order valence-electron chi connectivity index (χ4n) is 3.12. The van der Waals surface area contributed by atoms with Crippen LogP contribution in [0.1, 0.15) is 23.1 Å². The number of hydrogen-bond acceptors (Lipinski definition) is 5. The maximum absolute atomic E-state index is 13.0. The molecule has 0 radical (unpaired) electrons. The van der Waals surface area contributed by atoms with E-state index < -0.39 is 15.9 Å². The van der Waals surface area contributed by atoms with Gasteiger partial charge >= 0.3 is 0 Å². The van der Waals surface area contributed by atoms with E-state index in [0.717, 1.165) is 16.9 Å². The van der Waals surface area contributed by atoms with Crippen LogP contribution in [0.4, 0.5) is 0 Å². The van der Waals surface area contributed by atoms with Crippen molar-refractivity contribution in [3.63, 3.8) is 0 Å². The van der Waals surface area contributed by atoms with Gasteiger partial charge in [0, 0.05) is 13.6 Å². The molecule has 8 nitrogen and oxygen atoms in total. The standard InChI is InChI=1S/C19H22N4O4S/c1-4-23-16-8-6-5-7-15(16)21-18(23)12-22(2)19(24)14-11-13(28(20,25)26)9-10-17(14)27-3/h5-11H,4,12H2,1-3H3,(H2,20,25,26). The molecule has 2 aromatic carbocycles. The first-order valence-corrected chi connectivity index (χ1v) is 10.2. The normalized spacial score (nSPS) is 11.6. The first kappa shape index (κ1) is 19.8. The summed E-state index contributed by atoms with van der Waals surface area (Å²) >= 11 is 0. The molecule has 0 aliphatic carbocycles. The van der Waals surface area contributed by atoms with Gasteiger partial charge in [0.05, 0.1) is 35.1 Å². The molecule has 0 saturated carbocycles. The Morgan fingerprint density at radius 1 is 1.25 bits per heavy atom. The number of sulfonamides is 1. The number of rotatable bonds is 6. The minimum Gasteiger partial charge on any atom is -0.496 e. The zero-order chi connectivity index (χ0) is 20.5. The average Bonchev–Trinajstić information content (AvgIpc) is 3.02. The molecule has 1 aromatic heterocycles. The number of carbonyl (C=O) groups is 1. The number of benzene rings is 2. The van der Waals surface area contributed by atoms with Crippen LogP contribution in [-0.2, 0) is 23.1 Å². The van der Waals surface area contributed by atoms with Crippen molar-refractivity contribution in [2.75, 3.05) is 14.2 Å². The monoisotopic (exact) mass is 402 g/mol. The Balaban J connectivity index is 1.96. The van der Waals surface area contributed by atoms with Gasteiger partial charge in [0.15, 0.2) is 0 Å². The number of carbonyl (C=O) groups excluding carboxylic acids is 1. The molecule has 148 valence electrons. The highest BCUT2D eigenvalue weighted by Crippen LogP contribution is 2.24. The Hall–Kier alpha value is -2.91. The van der Waals surface area contributed by atoms with Gasteiger partial charge in [0.2, 0.25) is 10.0 Å². The number of aromatic nitrogens is 2. The lowest BCUT2D eigenvalue weighted by Crippen LogP contribution is -2.28. The number of amides is 1. The summed E-state index contributed by atoms with van der Waals surface area (Å²) in [4.78, 5) is 18.9. The van der Waals surface area contributed by atoms with Gasteiger partial charge in [-0.3, -0.25) is 4.79 Å². The first-order chi connectivity index (χ1) is 13.3. The van der Waals surface area contributed by atoms with E-state index in [-0.39, 0.29) is 22.8 Å². The van der Waals surface area contributed by atoms with Crippen molar-refractivity contribution in [3.8, 4) is 5.75 Å². The Morgan fingerprint density at radius 3 is 2.61 bits per heavy atom. The van der Waals surface area contributed by atoms with Crippen LogP contribution in [0, 0.1) is 0 Å². The lowest BCUT2D eigenvalue weighted by Gasteiger charge is -2.19. The predicted molar refractivity (Wildman–Crippen MR) is 106 cm³/mol. The molecule has 2 N–H and O–H groups in total. The lowest BCUT2D eigenvalue weighted by molar-refractivity contribution is 0.0776. The van der Waals surface area contributed by atoms with Crippen LogP contribution in [-0.4, -0.2) is 42.9 Å². The molecule has 0 atom stereocenters. The molecule has 3 rings (SSSR count). The first-order valence-electron chi connectivity index (χ1n) is 8.66. The van der Waals surface area contributed by atoms with E-state index in [1.807, 2.05) is 35.8 Å². The van der Waals surface area contributed by atoms with E-state index in [0.29, 0.717) is 6.54 Å². The molecule has 0 saturated heterocycles. The molecule has 1 heterocycles. The van der Waals surface area contributed by atoms with Crippen molar-refractivity contribution < 1.29 is 17.9 Å². The Morgan fingerprint density at radius 2 is 1.96 bits per heavy atom. The second-order valence-corrected chi connectivity index (χ2v) is 7.89. The van der Waals surface area contributed by atoms with E-state index in [9.17, 15) is 13.2 Å². The number of methoxy groups -OCH3 is 1. The summed E-state index contributed by atoms with van der Waals surface area (Å²) in [5.74, 6) is 0.617. The number of para-hydroxylation sites is 2. The van der Waals surface area contributed by atoms with Crippen LogP contribution in [0.2, 0.25) is 0 Å². The number of nitrogens with two attached hydrogens (primary N) is 1. The Labute approximate surface area is 163 Å². The molecule has 0 unspecified atom stereocenters. The summed E-state index contributed by atoms with van der Waals surface area (Å²) in [7, 11) is -0.894. The quantitative estimate of drug-likeness (QED) is 0.678. The number of hydrogen-bond donors (Lipinski definition) is 1. The third-order valence-corrected chi connectivity index (χ3v) is 5.42. The van der Waals surface area contributed by atoms with Crippen LogP contribution >= 0.6 is 0 Å². The average molecular weight is 402 g/mol. The highest BCUT2D eigenvalue weighted by atomic mass is 32.2. The van der Waals surface area contributed by atoms with Gasteiger partial charge in [-0.1, -0.05) is 12.1 Å². The molecule has 1 amide bonds. The summed E-state index contributed by atoms with van der Waals surface area (Å²) < 4.78 is 30.6. The van der Waals surface area contributed by atoms with Gasteiger partial charge in [0.25, 0.3) is 5.91 Å². The largest absolute Gasteiger partial charge is 0.496 e. The molecule has 0 aliphatic rings. The van der Waals surface area contributed by atoms with Crippen LogP contribution < -0.4 is 9.88 Å². The Kier molecular flexibility index (Phi) is 5.39. The highest BCUT2D eigenvalue weighted by Gasteiger charge is 2.22. The van der Waals surface area contributed by atoms with Crippen LogP contribution in [0.3, 0.4) is 0 Å². The summed E-state index contributed by atoms with van der Waals surface area (Å²) in [6, 6.07) is 11.7. The smallest absolute Gasteiger partial charge is 0.257 e. The van der Waals surface area contributed by atoms with Crippen molar-refractivity contribution >= 4 is 27.0 Å². The van der Waals surface area contributed by atoms with Crippen LogP contribution in [0.15, 0.2) is 47.4 Å². The van der Waals surface area contributed by atoms with E-state index in [1.54, 1.807) is 7.05 Å². The van der Waals surface area contributed by atoms with E-state index >= 15 is 0 Å². The van der Waals surface area contributed by atoms with Crippen molar-refractivity contribution in [1.82, 2.24) is 14.5 Å². The maximum Gasteiger partial charge on any atom is 0.257 e. The van der Waals surface area contributed by atoms with Gasteiger partial charge in [-0.15, -0.1) is 0 Å². The molecule has 9 heteroatoms. The van der Waals surface area contributed by atoms with Crippen LogP contribution in [0.25, 0.3) is 11.0 Å². The molecule has 3 aromatic rings. The van der Waals surface area contributed by atoms with Gasteiger partial charge in [-0.05, 0) is 37.3 Å². The molecular formula is C19H22N4O4S. The zero-order valence-corrected chi connectivity index (χ0v) is 16.7. The fourth-order valence-corrected chi connectivity index (χ4v) is 3.66. The van der Waals surface area contributed by atoms with Gasteiger partial charge in [-0.2, -0.15) is 0 Å². The molecule has 0 spiro atoms. The number of fused-ring (bicyclic) bond motifs is 1. The van der Waals surface area contributed by atoms with Crippen molar-refractivity contribution in [2.24, 2.45) is 5.14 Å². The number of imidazole rings is 1. The van der Waals surface area contributed by atoms with E-state index in [4.69, 9.17) is 9.88 Å². The van der Waals surface area contributed by atoms with Crippen LogP contribution in [0.5, 0.6) is 5.75 Å². The third kappa shape index (κ3) is 3.71. The molecule has 0 fully saturated rings. The highest BCUT2D eigenvalue weighted by molar-refractivity contribution is 7.89. The van der Waals surface area contributed by atoms with Crippen molar-refractivity contribution in [3.05, 3.63) is 53.9 Å². The number of primary sulfonamides is 1. The van der Waals surface area contributed by atoms with Gasteiger partial charge in [0.1, 0.15) is 11.6 Å². The summed E-state index contributed by atoms with van der Waals surface area (Å²) in [6.45, 7) is 2.98. The minimum atomic E-state index is -3.94. The Bertz CT molecular complexity index is 1140. The summed E-state index contributed by atoms with van der Waals surface area (Å²) in [5.41, 5.74) is 1.97. The number of aryl methyl sites for hydroxylation is 1. The predicted octanol–water partition coefficient (Wildman–Crippen LogP) is 1.98. The molecule has 0 aliphatic heterocycles. The summed E-state index contributed by atoms with van der Waals surface area (Å²) in [5, 5.41) is 5.19. The fraction of sp³-hybridized carbons (Fsp3) is 0.263. The van der Waals surface area contributed by atoms with E-state index in [2.05, 4.69) is 4.98 Å². The zero-order valence-electron chi connectivity index (χ0n) is 15.9. The van der Waals surface area contributed by atoms with Gasteiger partial charge < -0.3 is 14.2 Å². The topological polar surface area (TPSA) is 108 Å². The third-order valence-electron chi connectivity index (χ3n) is 4.51. The number of ether oxygens (including phenoxy) is 1. The van der Waals surface area contributed by atoms with E-state index in [1.165, 1.54) is 30.2 Å². The molecule has 28 heavy (non-hydrogen) atoms. The lowest BCUT2D eigenvalue weighted by atomic mass is 10.1. The minimum absolute atomic E-state index is 0.121. The summed E-state index contributed by atoms with van der Waals surface area (Å²) in [6.07, 6.45) is 0. The van der Waals surface area contributed by atoms with Crippen molar-refractivity contribution in [2.45, 2.75) is 24.9 Å².